The van der Waals surface area contributed by atoms with Gasteiger partial charge in [-0.3, -0.25) is 4.79 Å². The van der Waals surface area contributed by atoms with E-state index in [0.29, 0.717) is 17.9 Å². The predicted octanol–water partition coefficient (Wildman–Crippen LogP) is 3.88. The summed E-state index contributed by atoms with van der Waals surface area (Å²) in [6.07, 6.45) is -15.5. The SMILES string of the molecule is COc1ncc(-c2cc(C(F)(F)F)c3c(N)ncnn23)cc1C(=O)N[C@@H]1CN(C(=O)OC(C)C(F)(F)C(F)(F)F)C[C@@H]1F. The van der Waals surface area contributed by atoms with Crippen molar-refractivity contribution in [2.45, 2.75) is 43.5 Å². The first-order chi connectivity index (χ1) is 19.9. The van der Waals surface area contributed by atoms with Crippen molar-refractivity contribution in [1.29, 1.82) is 0 Å². The third-order valence-electron chi connectivity index (χ3n) is 6.46. The average Bonchev–Trinajstić information content (AvgIpc) is 3.49. The number of ether oxygens (including phenoxy) is 2. The molecule has 1 fully saturated rings. The van der Waals surface area contributed by atoms with E-state index >= 15 is 0 Å². The van der Waals surface area contributed by atoms with Crippen molar-refractivity contribution in [2.24, 2.45) is 0 Å². The fraction of sp³-hybridized carbons (Fsp3) is 0.435. The van der Waals surface area contributed by atoms with Crippen LogP contribution in [0, 0.1) is 0 Å². The molecule has 3 aromatic heterocycles. The second kappa shape index (κ2) is 11.0. The first kappa shape index (κ1) is 31.4. The van der Waals surface area contributed by atoms with Crippen LogP contribution in [0.5, 0.6) is 5.88 Å². The number of hydrogen-bond acceptors (Lipinski definition) is 8. The Morgan fingerprint density at radius 3 is 2.37 bits per heavy atom. The number of anilines is 1. The first-order valence-electron chi connectivity index (χ1n) is 12.0. The minimum Gasteiger partial charge on any atom is -0.480 e. The van der Waals surface area contributed by atoms with Crippen LogP contribution in [-0.2, 0) is 10.9 Å². The third kappa shape index (κ3) is 5.89. The molecule has 234 valence electrons. The van der Waals surface area contributed by atoms with E-state index in [1.54, 1.807) is 0 Å². The summed E-state index contributed by atoms with van der Waals surface area (Å²) in [6.45, 7) is -1.19. The average molecular weight is 629 g/mol. The number of likely N-dealkylation sites (tertiary alicyclic amines) is 1. The molecule has 2 amide bonds. The number of amides is 2. The van der Waals surface area contributed by atoms with Gasteiger partial charge in [-0.05, 0) is 19.1 Å². The van der Waals surface area contributed by atoms with Crippen LogP contribution in [0.1, 0.15) is 22.8 Å². The summed E-state index contributed by atoms with van der Waals surface area (Å²) in [5.74, 6) is -7.27. The van der Waals surface area contributed by atoms with Gasteiger partial charge in [-0.2, -0.15) is 40.2 Å². The lowest BCUT2D eigenvalue weighted by Gasteiger charge is -2.27. The molecular formula is C23H20F9N7O4. The number of nitrogens with zero attached hydrogens (tertiary/aromatic N) is 5. The van der Waals surface area contributed by atoms with Crippen molar-refractivity contribution in [3.63, 3.8) is 0 Å². The van der Waals surface area contributed by atoms with E-state index in [1.165, 1.54) is 0 Å². The van der Waals surface area contributed by atoms with Gasteiger partial charge in [0, 0.05) is 18.3 Å². The molecule has 0 spiro atoms. The number of nitrogen functional groups attached to an aromatic ring is 1. The van der Waals surface area contributed by atoms with Crippen LogP contribution < -0.4 is 15.8 Å². The van der Waals surface area contributed by atoms with Crippen LogP contribution in [0.25, 0.3) is 16.8 Å². The zero-order valence-corrected chi connectivity index (χ0v) is 21.8. The molecule has 0 saturated carbocycles. The summed E-state index contributed by atoms with van der Waals surface area (Å²) in [4.78, 5) is 33.2. The van der Waals surface area contributed by atoms with Crippen molar-refractivity contribution in [3.05, 3.63) is 35.8 Å². The maximum atomic E-state index is 14.7. The molecule has 11 nitrogen and oxygen atoms in total. The monoisotopic (exact) mass is 629 g/mol. The Balaban J connectivity index is 1.57. The number of pyridine rings is 1. The second-order valence-corrected chi connectivity index (χ2v) is 9.28. The summed E-state index contributed by atoms with van der Waals surface area (Å²) in [7, 11) is 1.12. The van der Waals surface area contributed by atoms with Gasteiger partial charge in [0.15, 0.2) is 11.9 Å². The number of carbonyl (C=O) groups excluding carboxylic acids is 2. The topological polar surface area (TPSA) is 137 Å². The highest BCUT2D eigenvalue weighted by atomic mass is 19.4. The lowest BCUT2D eigenvalue weighted by atomic mass is 10.1. The largest absolute Gasteiger partial charge is 0.480 e. The molecule has 0 bridgehead atoms. The maximum Gasteiger partial charge on any atom is 0.457 e. The number of alkyl halides is 9. The molecule has 0 aromatic carbocycles. The van der Waals surface area contributed by atoms with E-state index in [0.717, 1.165) is 30.2 Å². The highest BCUT2D eigenvalue weighted by molar-refractivity contribution is 5.98. The van der Waals surface area contributed by atoms with Crippen LogP contribution in [0.4, 0.5) is 50.1 Å². The summed E-state index contributed by atoms with van der Waals surface area (Å²) in [5, 5.41) is 6.02. The molecule has 43 heavy (non-hydrogen) atoms. The lowest BCUT2D eigenvalue weighted by molar-refractivity contribution is -0.309. The fourth-order valence-corrected chi connectivity index (χ4v) is 4.23. The van der Waals surface area contributed by atoms with Gasteiger partial charge >= 0.3 is 24.4 Å². The second-order valence-electron chi connectivity index (χ2n) is 9.28. The number of carbonyl (C=O) groups is 2. The van der Waals surface area contributed by atoms with Gasteiger partial charge in [-0.15, -0.1) is 0 Å². The molecule has 3 N–H and O–H groups in total. The Morgan fingerprint density at radius 2 is 1.77 bits per heavy atom. The number of hydrogen-bond donors (Lipinski definition) is 2. The molecule has 1 unspecified atom stereocenters. The molecule has 3 atom stereocenters. The van der Waals surface area contributed by atoms with E-state index in [2.05, 4.69) is 25.1 Å². The third-order valence-corrected chi connectivity index (χ3v) is 6.46. The van der Waals surface area contributed by atoms with E-state index in [4.69, 9.17) is 10.5 Å². The van der Waals surface area contributed by atoms with Gasteiger partial charge in [0.05, 0.1) is 31.0 Å². The first-order valence-corrected chi connectivity index (χ1v) is 12.0. The smallest absolute Gasteiger partial charge is 0.457 e. The number of nitrogens with one attached hydrogen (secondary N) is 1. The van der Waals surface area contributed by atoms with Crippen molar-refractivity contribution in [3.8, 4) is 17.1 Å². The Bertz CT molecular complexity index is 1540. The van der Waals surface area contributed by atoms with Crippen molar-refractivity contribution < 1.29 is 58.6 Å². The molecule has 3 aromatic rings. The van der Waals surface area contributed by atoms with Crippen LogP contribution >= 0.6 is 0 Å². The summed E-state index contributed by atoms with van der Waals surface area (Å²) < 4.78 is 130. The zero-order chi connectivity index (χ0) is 32.1. The molecular weight excluding hydrogens is 609 g/mol. The Kier molecular flexibility index (Phi) is 8.00. The lowest BCUT2D eigenvalue weighted by Crippen LogP contribution is -2.49. The van der Waals surface area contributed by atoms with Crippen molar-refractivity contribution in [1.82, 2.24) is 29.8 Å². The highest BCUT2D eigenvalue weighted by Crippen LogP contribution is 2.40. The minimum atomic E-state index is -6.01. The van der Waals surface area contributed by atoms with Gasteiger partial charge in [0.25, 0.3) is 5.91 Å². The number of aromatic nitrogens is 4. The van der Waals surface area contributed by atoms with Crippen LogP contribution in [-0.4, -0.2) is 87.1 Å². The Hall–Kier alpha value is -4.52. The highest BCUT2D eigenvalue weighted by Gasteiger charge is 2.63. The normalized spacial score (nSPS) is 18.5. The number of halogens is 9. The fourth-order valence-electron chi connectivity index (χ4n) is 4.23. The van der Waals surface area contributed by atoms with Crippen molar-refractivity contribution in [2.75, 3.05) is 25.9 Å². The van der Waals surface area contributed by atoms with Gasteiger partial charge in [-0.1, -0.05) is 0 Å². The molecule has 1 saturated heterocycles. The summed E-state index contributed by atoms with van der Waals surface area (Å²) in [5.41, 5.74) is 3.22. The molecule has 0 radical (unpaired) electrons. The van der Waals surface area contributed by atoms with E-state index in [1.807, 2.05) is 0 Å². The van der Waals surface area contributed by atoms with Gasteiger partial charge in [0.1, 0.15) is 23.6 Å². The zero-order valence-electron chi connectivity index (χ0n) is 21.8. The summed E-state index contributed by atoms with van der Waals surface area (Å²) in [6, 6.07) is 0.272. The standard InChI is InChI=1S/C23H20F9N7O4/c1-9(21(25,26)23(30,31)32)43-20(41)38-6-13(24)14(7-38)37-18(40)11-3-10(5-34-19(11)42-2)15-4-12(22(27,28)29)16-17(33)35-8-36-39(15)16/h3-5,8-9,13-14H,6-7H2,1-2H3,(H,37,40)(H2,33,35,36)/t9?,13-,14+/m0/s1. The molecule has 1 aliphatic rings. The minimum absolute atomic E-state index is 0.0810. The number of rotatable bonds is 6. The Morgan fingerprint density at radius 1 is 1.09 bits per heavy atom. The van der Waals surface area contributed by atoms with E-state index in [9.17, 15) is 49.1 Å². The van der Waals surface area contributed by atoms with Crippen LogP contribution in [0.15, 0.2) is 24.7 Å². The van der Waals surface area contributed by atoms with Gasteiger partial charge in [-0.25, -0.2) is 23.7 Å². The summed E-state index contributed by atoms with van der Waals surface area (Å²) >= 11 is 0. The number of methoxy groups -OCH3 is 1. The van der Waals surface area contributed by atoms with Crippen molar-refractivity contribution >= 4 is 23.3 Å². The molecule has 4 heterocycles. The number of fused-ring (bicyclic) bond motifs is 1. The van der Waals surface area contributed by atoms with E-state index in [-0.39, 0.29) is 17.1 Å². The Labute approximate surface area is 234 Å². The molecule has 1 aliphatic heterocycles. The van der Waals surface area contributed by atoms with E-state index < -0.39 is 84.1 Å². The maximum absolute atomic E-state index is 14.7. The molecule has 0 aliphatic carbocycles. The van der Waals surface area contributed by atoms with Crippen LogP contribution in [0.2, 0.25) is 0 Å². The quantitative estimate of drug-likeness (QED) is 0.393. The molecule has 20 heteroatoms. The van der Waals surface area contributed by atoms with Gasteiger partial charge < -0.3 is 25.4 Å². The van der Waals surface area contributed by atoms with Gasteiger partial charge in [0.2, 0.25) is 5.88 Å². The predicted molar refractivity (Wildman–Crippen MR) is 127 cm³/mol. The molecule has 4 rings (SSSR count). The number of nitrogens with two attached hydrogens (primary N) is 1. The van der Waals surface area contributed by atoms with Crippen LogP contribution in [0.3, 0.4) is 0 Å².